The summed E-state index contributed by atoms with van der Waals surface area (Å²) in [4.78, 5) is 18.9. The van der Waals surface area contributed by atoms with Crippen molar-refractivity contribution in [3.63, 3.8) is 0 Å². The Morgan fingerprint density at radius 3 is 2.95 bits per heavy atom. The zero-order valence-electron chi connectivity index (χ0n) is 14.0. The van der Waals surface area contributed by atoms with Crippen LogP contribution < -0.4 is 10.2 Å². The maximum absolute atomic E-state index is 12.2. The third-order valence-corrected chi connectivity index (χ3v) is 4.48. The van der Waals surface area contributed by atoms with Crippen molar-refractivity contribution in [3.8, 4) is 0 Å². The molecule has 1 amide bonds. The number of hydrogen-bond donors (Lipinski definition) is 1. The highest BCUT2D eigenvalue weighted by atomic mass is 16.1. The van der Waals surface area contributed by atoms with Crippen molar-refractivity contribution >= 4 is 11.6 Å². The van der Waals surface area contributed by atoms with E-state index in [4.69, 9.17) is 0 Å². The van der Waals surface area contributed by atoms with E-state index in [0.29, 0.717) is 11.6 Å². The van der Waals surface area contributed by atoms with Crippen molar-refractivity contribution in [2.24, 2.45) is 0 Å². The summed E-state index contributed by atoms with van der Waals surface area (Å²) >= 11 is 0. The molecule has 4 nitrogen and oxygen atoms in total. The van der Waals surface area contributed by atoms with Crippen LogP contribution in [0.15, 0.2) is 18.5 Å². The second kappa shape index (κ2) is 8.76. The molecule has 2 heterocycles. The maximum Gasteiger partial charge on any atom is 0.252 e. The lowest BCUT2D eigenvalue weighted by Gasteiger charge is -2.37. The van der Waals surface area contributed by atoms with Gasteiger partial charge in [-0.05, 0) is 38.2 Å². The first-order valence-electron chi connectivity index (χ1n) is 8.76. The van der Waals surface area contributed by atoms with Crippen LogP contribution in [0.2, 0.25) is 0 Å². The van der Waals surface area contributed by atoms with Crippen molar-refractivity contribution in [1.82, 2.24) is 10.3 Å². The van der Waals surface area contributed by atoms with Crippen LogP contribution in [-0.4, -0.2) is 30.0 Å². The molecule has 0 aromatic carbocycles. The number of carbonyl (C=O) groups is 1. The molecule has 22 heavy (non-hydrogen) atoms. The number of hydrogen-bond acceptors (Lipinski definition) is 3. The van der Waals surface area contributed by atoms with Gasteiger partial charge in [0.2, 0.25) is 0 Å². The fraction of sp³-hybridized carbons (Fsp3) is 0.667. The van der Waals surface area contributed by atoms with Crippen LogP contribution in [0.1, 0.15) is 69.2 Å². The number of pyridine rings is 1. The highest BCUT2D eigenvalue weighted by Crippen LogP contribution is 2.26. The van der Waals surface area contributed by atoms with Crippen molar-refractivity contribution in [1.29, 1.82) is 0 Å². The molecule has 0 bridgehead atoms. The number of unbranched alkanes of at least 4 members (excludes halogenated alkanes) is 2. The zero-order chi connectivity index (χ0) is 15.8. The molecule has 122 valence electrons. The maximum atomic E-state index is 12.2. The van der Waals surface area contributed by atoms with E-state index in [9.17, 15) is 4.79 Å². The van der Waals surface area contributed by atoms with Gasteiger partial charge in [-0.15, -0.1) is 0 Å². The van der Waals surface area contributed by atoms with Crippen LogP contribution in [0.3, 0.4) is 0 Å². The normalized spacial score (nSPS) is 18.3. The lowest BCUT2D eigenvalue weighted by Crippen LogP contribution is -2.39. The number of nitrogens with one attached hydrogen (secondary N) is 1. The summed E-state index contributed by atoms with van der Waals surface area (Å²) in [5, 5.41) is 2.99. The third kappa shape index (κ3) is 4.46. The minimum absolute atomic E-state index is 0.00416. The molecule has 4 heteroatoms. The lowest BCUT2D eigenvalue weighted by atomic mass is 9.99. The quantitative estimate of drug-likeness (QED) is 0.780. The largest absolute Gasteiger partial charge is 0.367 e. The predicted octanol–water partition coefficient (Wildman–Crippen LogP) is 3.77. The lowest BCUT2D eigenvalue weighted by molar-refractivity contribution is 0.0952. The van der Waals surface area contributed by atoms with E-state index in [0.717, 1.165) is 38.0 Å². The number of rotatable bonds is 7. The van der Waals surface area contributed by atoms with E-state index < -0.39 is 0 Å². The summed E-state index contributed by atoms with van der Waals surface area (Å²) in [5.74, 6) is -0.00416. The number of amides is 1. The van der Waals surface area contributed by atoms with Gasteiger partial charge >= 0.3 is 0 Å². The van der Waals surface area contributed by atoms with Crippen LogP contribution in [0.25, 0.3) is 0 Å². The summed E-state index contributed by atoms with van der Waals surface area (Å²) in [6.45, 7) is 6.22. The smallest absolute Gasteiger partial charge is 0.252 e. The summed E-state index contributed by atoms with van der Waals surface area (Å²) < 4.78 is 0. The van der Waals surface area contributed by atoms with E-state index in [1.165, 1.54) is 25.7 Å². The summed E-state index contributed by atoms with van der Waals surface area (Å²) in [6, 6.07) is 2.58. The van der Waals surface area contributed by atoms with Gasteiger partial charge in [0.05, 0.1) is 17.4 Å². The number of piperidine rings is 1. The first kappa shape index (κ1) is 16.8. The second-order valence-corrected chi connectivity index (χ2v) is 6.15. The zero-order valence-corrected chi connectivity index (χ0v) is 14.0. The predicted molar refractivity (Wildman–Crippen MR) is 91.4 cm³/mol. The molecule has 1 aromatic rings. The summed E-state index contributed by atoms with van der Waals surface area (Å²) in [7, 11) is 0. The molecule has 2 rings (SSSR count). The van der Waals surface area contributed by atoms with E-state index in [1.807, 2.05) is 12.3 Å². The van der Waals surface area contributed by atoms with Gasteiger partial charge in [-0.25, -0.2) is 0 Å². The average molecular weight is 303 g/mol. The molecule has 1 N–H and O–H groups in total. The Labute approximate surface area is 134 Å². The second-order valence-electron chi connectivity index (χ2n) is 6.15. The Morgan fingerprint density at radius 1 is 1.32 bits per heavy atom. The van der Waals surface area contributed by atoms with Gasteiger partial charge in [0.25, 0.3) is 5.91 Å². The average Bonchev–Trinajstić information content (AvgIpc) is 2.58. The highest BCUT2D eigenvalue weighted by Gasteiger charge is 2.22. The molecule has 1 aliphatic rings. The summed E-state index contributed by atoms with van der Waals surface area (Å²) in [6.07, 6.45) is 11.8. The van der Waals surface area contributed by atoms with E-state index >= 15 is 0 Å². The van der Waals surface area contributed by atoms with Crippen LogP contribution in [-0.2, 0) is 0 Å². The Hall–Kier alpha value is -1.58. The minimum atomic E-state index is -0.00416. The number of anilines is 1. The molecule has 0 spiro atoms. The minimum Gasteiger partial charge on any atom is -0.367 e. The fourth-order valence-electron chi connectivity index (χ4n) is 3.15. The molecular formula is C18H29N3O. The molecule has 0 radical (unpaired) electrons. The molecular weight excluding hydrogens is 274 g/mol. The van der Waals surface area contributed by atoms with Crippen LogP contribution in [0.4, 0.5) is 5.69 Å². The van der Waals surface area contributed by atoms with Crippen molar-refractivity contribution in [2.75, 3.05) is 18.0 Å². The monoisotopic (exact) mass is 303 g/mol. The first-order chi connectivity index (χ1) is 10.8. The number of aromatic nitrogens is 1. The van der Waals surface area contributed by atoms with Crippen LogP contribution >= 0.6 is 0 Å². The van der Waals surface area contributed by atoms with Gasteiger partial charge in [0, 0.05) is 25.3 Å². The molecule has 1 aliphatic heterocycles. The topological polar surface area (TPSA) is 45.2 Å². The van der Waals surface area contributed by atoms with Gasteiger partial charge in [0.15, 0.2) is 0 Å². The Bertz CT molecular complexity index is 475. The van der Waals surface area contributed by atoms with Gasteiger partial charge in [-0.2, -0.15) is 0 Å². The van der Waals surface area contributed by atoms with Crippen LogP contribution in [0.5, 0.6) is 0 Å². The molecule has 1 unspecified atom stereocenters. The molecule has 1 saturated heterocycles. The van der Waals surface area contributed by atoms with E-state index in [2.05, 4.69) is 29.0 Å². The molecule has 1 aromatic heterocycles. The highest BCUT2D eigenvalue weighted by molar-refractivity contribution is 5.94. The van der Waals surface area contributed by atoms with Crippen molar-refractivity contribution < 1.29 is 4.79 Å². The SMILES string of the molecule is CCCCCNC(=O)c1cncc(N2CCCCC2CC)c1. The van der Waals surface area contributed by atoms with E-state index in [-0.39, 0.29) is 5.91 Å². The van der Waals surface area contributed by atoms with Crippen molar-refractivity contribution in [2.45, 2.75) is 64.8 Å². The van der Waals surface area contributed by atoms with Gasteiger partial charge in [-0.1, -0.05) is 26.7 Å². The van der Waals surface area contributed by atoms with Crippen LogP contribution in [0, 0.1) is 0 Å². The first-order valence-corrected chi connectivity index (χ1v) is 8.76. The molecule has 1 fully saturated rings. The number of nitrogens with zero attached hydrogens (tertiary/aromatic N) is 2. The standard InChI is InChI=1S/C18H29N3O/c1-3-5-7-10-20-18(22)15-12-17(14-19-13-15)21-11-8-6-9-16(21)4-2/h12-14,16H,3-11H2,1-2H3,(H,20,22). The third-order valence-electron chi connectivity index (χ3n) is 4.48. The Balaban J connectivity index is 2.01. The van der Waals surface area contributed by atoms with Crippen molar-refractivity contribution in [3.05, 3.63) is 24.0 Å². The number of carbonyl (C=O) groups excluding carboxylic acids is 1. The Kier molecular flexibility index (Phi) is 6.69. The summed E-state index contributed by atoms with van der Waals surface area (Å²) in [5.41, 5.74) is 1.77. The molecule has 1 atom stereocenters. The molecule has 0 saturated carbocycles. The fourth-order valence-corrected chi connectivity index (χ4v) is 3.15. The van der Waals surface area contributed by atoms with Gasteiger partial charge < -0.3 is 10.2 Å². The Morgan fingerprint density at radius 2 is 2.18 bits per heavy atom. The molecule has 0 aliphatic carbocycles. The van der Waals surface area contributed by atoms with E-state index in [1.54, 1.807) is 6.20 Å². The van der Waals surface area contributed by atoms with Gasteiger partial charge in [0.1, 0.15) is 0 Å². The van der Waals surface area contributed by atoms with Gasteiger partial charge in [-0.3, -0.25) is 9.78 Å².